The molecule has 0 unspecified atom stereocenters. The molecule has 3 heterocycles. The Labute approximate surface area is 183 Å². The zero-order valence-corrected chi connectivity index (χ0v) is 19.4. The molecule has 0 bridgehead atoms. The first-order valence-corrected chi connectivity index (χ1v) is 9.11. The van der Waals surface area contributed by atoms with Crippen molar-refractivity contribution in [2.24, 2.45) is 12.0 Å². The normalized spacial score (nSPS) is 11.3. The van der Waals surface area contributed by atoms with Crippen LogP contribution in [0, 0.1) is 0 Å². The van der Waals surface area contributed by atoms with Crippen molar-refractivity contribution in [3.05, 3.63) is 46.7 Å². The third-order valence-corrected chi connectivity index (χ3v) is 4.26. The lowest BCUT2D eigenvalue weighted by Crippen LogP contribution is -2.38. The summed E-state index contributed by atoms with van der Waals surface area (Å²) in [7, 11) is 4.04. The number of aryl methyl sites for hydroxylation is 1. The van der Waals surface area contributed by atoms with Gasteiger partial charge in [0, 0.05) is 37.0 Å². The monoisotopic (exact) mass is 547 g/mol. The molecule has 0 aliphatic heterocycles. The van der Waals surface area contributed by atoms with Crippen LogP contribution in [-0.2, 0) is 20.1 Å². The van der Waals surface area contributed by atoms with Crippen molar-refractivity contribution >= 4 is 45.9 Å². The average Bonchev–Trinajstić information content (AvgIpc) is 3.33. The summed E-state index contributed by atoms with van der Waals surface area (Å²) >= 11 is 3.51. The number of aliphatic imine (C=N–C) groups is 1. The summed E-state index contributed by atoms with van der Waals surface area (Å²) in [4.78, 5) is 11.2. The fourth-order valence-electron chi connectivity index (χ4n) is 2.54. The number of rotatable bonds is 6. The molecule has 0 aliphatic carbocycles. The lowest BCUT2D eigenvalue weighted by atomic mass is 10.4. The number of aromatic amines is 1. The maximum atomic E-state index is 5.31. The lowest BCUT2D eigenvalue weighted by Gasteiger charge is -2.22. The van der Waals surface area contributed by atoms with E-state index in [0.29, 0.717) is 24.0 Å². The summed E-state index contributed by atoms with van der Waals surface area (Å²) in [6.07, 6.45) is 3.64. The molecule has 0 saturated carbocycles. The van der Waals surface area contributed by atoms with Crippen LogP contribution < -0.4 is 5.32 Å². The second-order valence-corrected chi connectivity index (χ2v) is 6.79. The number of aromatic nitrogens is 4. The van der Waals surface area contributed by atoms with Gasteiger partial charge in [0.05, 0.1) is 12.8 Å². The molecular formula is C17H23BrIN7O. The molecule has 10 heteroatoms. The van der Waals surface area contributed by atoms with Gasteiger partial charge < -0.3 is 19.2 Å². The van der Waals surface area contributed by atoms with E-state index in [9.17, 15) is 0 Å². The molecule has 0 atom stereocenters. The average molecular weight is 548 g/mol. The second-order valence-electron chi connectivity index (χ2n) is 5.87. The van der Waals surface area contributed by atoms with Gasteiger partial charge in [0.15, 0.2) is 11.7 Å². The molecule has 3 aromatic heterocycles. The number of H-pyrrole nitrogens is 1. The number of nitrogens with one attached hydrogen (secondary N) is 2. The van der Waals surface area contributed by atoms with Crippen molar-refractivity contribution in [2.45, 2.75) is 20.0 Å². The Balaban J connectivity index is 0.00000261. The molecule has 0 amide bonds. The third-order valence-electron chi connectivity index (χ3n) is 3.82. The quantitative estimate of drug-likeness (QED) is 0.281. The van der Waals surface area contributed by atoms with Crippen molar-refractivity contribution in [3.63, 3.8) is 0 Å². The van der Waals surface area contributed by atoms with Gasteiger partial charge in [-0.05, 0) is 41.1 Å². The topological polar surface area (TPSA) is 87.3 Å². The molecule has 0 saturated heterocycles. The van der Waals surface area contributed by atoms with Crippen LogP contribution in [0.4, 0.5) is 0 Å². The van der Waals surface area contributed by atoms with E-state index in [4.69, 9.17) is 4.42 Å². The van der Waals surface area contributed by atoms with E-state index in [1.54, 1.807) is 6.26 Å². The molecule has 0 fully saturated rings. The predicted octanol–water partition coefficient (Wildman–Crippen LogP) is 3.38. The summed E-state index contributed by atoms with van der Waals surface area (Å²) in [5.74, 6) is 2.66. The number of halogens is 2. The Hall–Kier alpha value is -1.82. The van der Waals surface area contributed by atoms with E-state index in [0.717, 1.165) is 23.5 Å². The maximum Gasteiger partial charge on any atom is 0.216 e. The van der Waals surface area contributed by atoms with Gasteiger partial charge in [0.2, 0.25) is 5.82 Å². The third kappa shape index (κ3) is 5.58. The highest BCUT2D eigenvalue weighted by Crippen LogP contribution is 2.16. The van der Waals surface area contributed by atoms with Crippen LogP contribution in [0.3, 0.4) is 0 Å². The van der Waals surface area contributed by atoms with Gasteiger partial charge in [-0.1, -0.05) is 0 Å². The Morgan fingerprint density at radius 3 is 2.93 bits per heavy atom. The van der Waals surface area contributed by atoms with E-state index in [2.05, 4.69) is 57.0 Å². The minimum absolute atomic E-state index is 0. The first kappa shape index (κ1) is 21.5. The Morgan fingerprint density at radius 2 is 2.30 bits per heavy atom. The SMILES string of the molecule is CCNC(=NCc1nc(-c2ccco2)n[nH]1)N(C)Cc1cc(Br)cn1C.I. The molecule has 27 heavy (non-hydrogen) atoms. The van der Waals surface area contributed by atoms with Gasteiger partial charge >= 0.3 is 0 Å². The largest absolute Gasteiger partial charge is 0.461 e. The smallest absolute Gasteiger partial charge is 0.216 e. The summed E-state index contributed by atoms with van der Waals surface area (Å²) in [6, 6.07) is 5.74. The van der Waals surface area contributed by atoms with Crippen LogP contribution in [0.5, 0.6) is 0 Å². The van der Waals surface area contributed by atoms with Gasteiger partial charge in [-0.25, -0.2) is 9.98 Å². The van der Waals surface area contributed by atoms with Gasteiger partial charge in [0.1, 0.15) is 12.4 Å². The van der Waals surface area contributed by atoms with Gasteiger partial charge in [-0.3, -0.25) is 5.10 Å². The fourth-order valence-corrected chi connectivity index (χ4v) is 3.11. The number of furan rings is 1. The first-order valence-electron chi connectivity index (χ1n) is 8.32. The number of hydrogen-bond acceptors (Lipinski definition) is 4. The van der Waals surface area contributed by atoms with Crippen LogP contribution in [-0.4, -0.2) is 44.2 Å². The summed E-state index contributed by atoms with van der Waals surface area (Å²) in [5.41, 5.74) is 1.18. The van der Waals surface area contributed by atoms with Crippen LogP contribution in [0.2, 0.25) is 0 Å². The molecule has 0 aliphatic rings. The van der Waals surface area contributed by atoms with Crippen molar-refractivity contribution in [2.75, 3.05) is 13.6 Å². The first-order chi connectivity index (χ1) is 12.6. The zero-order valence-electron chi connectivity index (χ0n) is 15.4. The zero-order chi connectivity index (χ0) is 18.5. The highest BCUT2D eigenvalue weighted by Gasteiger charge is 2.11. The van der Waals surface area contributed by atoms with Crippen molar-refractivity contribution in [1.82, 2.24) is 30.0 Å². The lowest BCUT2D eigenvalue weighted by molar-refractivity contribution is 0.461. The molecular weight excluding hydrogens is 525 g/mol. The number of nitrogens with zero attached hydrogens (tertiary/aromatic N) is 5. The van der Waals surface area contributed by atoms with E-state index >= 15 is 0 Å². The minimum Gasteiger partial charge on any atom is -0.461 e. The van der Waals surface area contributed by atoms with Crippen LogP contribution in [0.25, 0.3) is 11.6 Å². The molecule has 8 nitrogen and oxygen atoms in total. The maximum absolute atomic E-state index is 5.31. The molecule has 0 aromatic carbocycles. The Bertz CT molecular complexity index is 872. The van der Waals surface area contributed by atoms with Crippen LogP contribution in [0.1, 0.15) is 18.4 Å². The molecule has 3 rings (SSSR count). The van der Waals surface area contributed by atoms with Gasteiger partial charge in [0.25, 0.3) is 0 Å². The molecule has 146 valence electrons. The number of guanidine groups is 1. The highest BCUT2D eigenvalue weighted by atomic mass is 127. The molecule has 3 aromatic rings. The Morgan fingerprint density at radius 1 is 1.48 bits per heavy atom. The Kier molecular flexibility index (Phi) is 7.90. The van der Waals surface area contributed by atoms with E-state index in [-0.39, 0.29) is 24.0 Å². The standard InChI is InChI=1S/C17H22BrN7O.HI/c1-4-19-17(25(3)11-13-8-12(18)10-24(13)2)20-9-15-21-16(23-22-15)14-6-5-7-26-14;/h5-8,10H,4,9,11H2,1-3H3,(H,19,20)(H,21,22,23);1H. The summed E-state index contributed by atoms with van der Waals surface area (Å²) in [6.45, 7) is 3.97. The van der Waals surface area contributed by atoms with Crippen molar-refractivity contribution in [3.8, 4) is 11.6 Å². The summed E-state index contributed by atoms with van der Waals surface area (Å²) < 4.78 is 8.47. The minimum atomic E-state index is 0. The van der Waals surface area contributed by atoms with E-state index in [1.807, 2.05) is 39.3 Å². The van der Waals surface area contributed by atoms with Gasteiger partial charge in [-0.15, -0.1) is 29.1 Å². The van der Waals surface area contributed by atoms with Crippen LogP contribution in [0.15, 0.2) is 44.5 Å². The van der Waals surface area contributed by atoms with E-state index in [1.165, 1.54) is 5.69 Å². The second kappa shape index (κ2) is 9.93. The van der Waals surface area contributed by atoms with Crippen LogP contribution >= 0.6 is 39.9 Å². The molecule has 2 N–H and O–H groups in total. The molecule has 0 spiro atoms. The van der Waals surface area contributed by atoms with Crippen molar-refractivity contribution in [1.29, 1.82) is 0 Å². The summed E-state index contributed by atoms with van der Waals surface area (Å²) in [5, 5.41) is 10.4. The predicted molar refractivity (Wildman–Crippen MR) is 119 cm³/mol. The van der Waals surface area contributed by atoms with Gasteiger partial charge in [-0.2, -0.15) is 0 Å². The van der Waals surface area contributed by atoms with E-state index < -0.39 is 0 Å². The highest BCUT2D eigenvalue weighted by molar-refractivity contribution is 14.0. The number of hydrogen-bond donors (Lipinski definition) is 2. The molecule has 0 radical (unpaired) electrons. The van der Waals surface area contributed by atoms with Crippen molar-refractivity contribution < 1.29 is 4.42 Å². The fraction of sp³-hybridized carbons (Fsp3) is 0.353.